The molecule has 16 atom stereocenters. The smallest absolute Gasteiger partial charge is 0.309 e. The number of cyclic esters (lactones) is 1. The fraction of sp³-hybridized carbons (Fsp3) is 0.805. The van der Waals surface area contributed by atoms with Crippen LogP contribution in [-0.4, -0.2) is 151 Å². The molecule has 0 amide bonds. The summed E-state index contributed by atoms with van der Waals surface area (Å²) < 4.78 is 48.5. The molecule has 0 aliphatic carbocycles. The van der Waals surface area contributed by atoms with Gasteiger partial charge in [-0.15, -0.1) is 0 Å². The molecule has 57 heavy (non-hydrogen) atoms. The van der Waals surface area contributed by atoms with Crippen LogP contribution in [0, 0.1) is 11.8 Å². The number of methoxy groups -OCH3 is 1. The summed E-state index contributed by atoms with van der Waals surface area (Å²) in [5.41, 5.74) is -1.49. The lowest BCUT2D eigenvalue weighted by Gasteiger charge is -2.50. The lowest BCUT2D eigenvalue weighted by Crippen LogP contribution is -2.66. The Morgan fingerprint density at radius 3 is 2.23 bits per heavy atom. The summed E-state index contributed by atoms with van der Waals surface area (Å²) in [5.74, 6) is -2.82. The number of carbonyl (C=O) groups excluding carboxylic acids is 4. The highest BCUT2D eigenvalue weighted by Gasteiger charge is 2.53. The Balaban J connectivity index is 2.01. The van der Waals surface area contributed by atoms with Crippen molar-refractivity contribution in [2.45, 2.75) is 179 Å². The van der Waals surface area contributed by atoms with E-state index in [4.69, 9.17) is 37.9 Å². The van der Waals surface area contributed by atoms with E-state index < -0.39 is 121 Å². The highest BCUT2D eigenvalue weighted by Crippen LogP contribution is 2.37. The zero-order valence-corrected chi connectivity index (χ0v) is 35.2. The van der Waals surface area contributed by atoms with Crippen LogP contribution in [0.5, 0.6) is 0 Å². The predicted molar refractivity (Wildman–Crippen MR) is 205 cm³/mol. The van der Waals surface area contributed by atoms with E-state index in [0.29, 0.717) is 12.7 Å². The van der Waals surface area contributed by atoms with Gasteiger partial charge in [0.25, 0.3) is 0 Å². The lowest BCUT2D eigenvalue weighted by atomic mass is 9.82. The molecule has 3 aliphatic rings. The molecule has 3 N–H and O–H groups in total. The van der Waals surface area contributed by atoms with Crippen molar-refractivity contribution in [3.8, 4) is 0 Å². The molecule has 3 rings (SSSR count). The van der Waals surface area contributed by atoms with Crippen molar-refractivity contribution in [2.24, 2.45) is 11.8 Å². The molecule has 326 valence electrons. The first-order chi connectivity index (χ1) is 26.9. The van der Waals surface area contributed by atoms with Crippen molar-refractivity contribution in [3.63, 3.8) is 0 Å². The topological polar surface area (TPSA) is 206 Å². The van der Waals surface area contributed by atoms with E-state index >= 15 is 0 Å². The number of hydrogen-bond acceptors (Lipinski definition) is 16. The van der Waals surface area contributed by atoms with Gasteiger partial charge in [-0.3, -0.25) is 14.4 Å². The number of allylic oxidation sites excluding steroid dienone is 2. The molecule has 16 heteroatoms. The zero-order chi connectivity index (χ0) is 42.6. The monoisotopic (exact) mass is 813 g/mol. The molecule has 0 aromatic carbocycles. The molecule has 0 saturated carbocycles. The van der Waals surface area contributed by atoms with Crippen LogP contribution in [0.3, 0.4) is 0 Å². The summed E-state index contributed by atoms with van der Waals surface area (Å²) in [5, 5.41) is 34.5. The Labute approximate surface area is 337 Å². The van der Waals surface area contributed by atoms with Crippen molar-refractivity contribution in [2.75, 3.05) is 21.2 Å². The number of hydrogen-bond donors (Lipinski definition) is 3. The maximum atomic E-state index is 13.3. The van der Waals surface area contributed by atoms with Crippen molar-refractivity contribution in [3.05, 3.63) is 24.3 Å². The Bertz CT molecular complexity index is 1350. The first kappa shape index (κ1) is 48.6. The number of carbonyl (C=O) groups is 4. The van der Waals surface area contributed by atoms with Gasteiger partial charge in [-0.05, 0) is 60.0 Å². The number of rotatable bonds is 12. The Kier molecular flexibility index (Phi) is 19.2. The van der Waals surface area contributed by atoms with Crippen molar-refractivity contribution >= 4 is 24.2 Å². The van der Waals surface area contributed by atoms with Crippen molar-refractivity contribution in [1.82, 2.24) is 4.90 Å². The van der Waals surface area contributed by atoms with Crippen LogP contribution in [0.4, 0.5) is 0 Å². The van der Waals surface area contributed by atoms with Gasteiger partial charge in [-0.25, -0.2) is 0 Å². The van der Waals surface area contributed by atoms with Crippen molar-refractivity contribution in [1.29, 1.82) is 0 Å². The third-order valence-electron chi connectivity index (χ3n) is 10.9. The normalized spacial score (nSPS) is 41.1. The van der Waals surface area contributed by atoms with Gasteiger partial charge in [-0.1, -0.05) is 45.1 Å². The third kappa shape index (κ3) is 13.6. The molecule has 16 nitrogen and oxygen atoms in total. The van der Waals surface area contributed by atoms with Gasteiger partial charge in [-0.2, -0.15) is 0 Å². The number of ether oxygens (including phenoxy) is 8. The molecule has 0 spiro atoms. The van der Waals surface area contributed by atoms with Gasteiger partial charge in [0.1, 0.15) is 42.4 Å². The van der Waals surface area contributed by atoms with Crippen LogP contribution in [0.15, 0.2) is 24.3 Å². The minimum Gasteiger partial charge on any atom is -0.462 e. The van der Waals surface area contributed by atoms with Crippen molar-refractivity contribution < 1.29 is 72.4 Å². The molecule has 0 aromatic rings. The van der Waals surface area contributed by atoms with E-state index in [2.05, 4.69) is 0 Å². The summed E-state index contributed by atoms with van der Waals surface area (Å²) in [6.45, 7) is 11.8. The number of esters is 3. The summed E-state index contributed by atoms with van der Waals surface area (Å²) in [6.07, 6.45) is -4.08. The molecule has 0 unspecified atom stereocenters. The molecule has 2 fully saturated rings. The van der Waals surface area contributed by atoms with E-state index in [0.717, 1.165) is 0 Å². The molecular formula is C41H67NO15. The van der Waals surface area contributed by atoms with Gasteiger partial charge in [0.15, 0.2) is 18.7 Å². The molecule has 0 bridgehead atoms. The standard InChI is InChI=1S/C41H67NO15/c1-11-30(45)54-29-21-32(47)51-24(4)16-14-13-15-17-28(44)23(3)20-27(18-19-43)37(38(29)50-10)57-40-35(48)34(42(8)9)36(25(5)53-40)56-33-22-41(7,49)39(26(6)52-33)55-31(46)12-2/h13-15,17,19,23-29,33-40,44,48-49H,11-12,16,18,20-22H2,1-10H3/b14-13+,17-15-/t23-,24-,25-,26-,27+,28+,29-,33+,34-,35-,36-,37+,38+,39-,40+,41-/m1/s1. The highest BCUT2D eigenvalue weighted by atomic mass is 16.7. The minimum atomic E-state index is -1.49. The minimum absolute atomic E-state index is 0.000633. The molecule has 2 saturated heterocycles. The van der Waals surface area contributed by atoms with Crippen LogP contribution >= 0.6 is 0 Å². The first-order valence-corrected chi connectivity index (χ1v) is 20.1. The highest BCUT2D eigenvalue weighted by molar-refractivity contribution is 5.72. The number of aliphatic hydroxyl groups is 3. The second kappa shape index (κ2) is 22.5. The predicted octanol–water partition coefficient (Wildman–Crippen LogP) is 2.77. The Hall–Kier alpha value is -2.80. The third-order valence-corrected chi connectivity index (χ3v) is 10.9. The molecule has 0 radical (unpaired) electrons. The second-order valence-corrected chi connectivity index (χ2v) is 16.0. The summed E-state index contributed by atoms with van der Waals surface area (Å²) in [6, 6.07) is -0.779. The first-order valence-electron chi connectivity index (χ1n) is 20.1. The average molecular weight is 814 g/mol. The van der Waals surface area contributed by atoms with E-state index in [1.54, 1.807) is 78.8 Å². The Morgan fingerprint density at radius 1 is 0.965 bits per heavy atom. The lowest BCUT2D eigenvalue weighted by molar-refractivity contribution is -0.344. The summed E-state index contributed by atoms with van der Waals surface area (Å²) >= 11 is 0. The second-order valence-electron chi connectivity index (χ2n) is 16.0. The van der Waals surface area contributed by atoms with Gasteiger partial charge < -0.3 is 62.9 Å². The fourth-order valence-corrected chi connectivity index (χ4v) is 7.82. The van der Waals surface area contributed by atoms with Crippen LogP contribution in [0.1, 0.15) is 93.4 Å². The van der Waals surface area contributed by atoms with Gasteiger partial charge in [0, 0.05) is 39.2 Å². The fourth-order valence-electron chi connectivity index (χ4n) is 7.82. The van der Waals surface area contributed by atoms with Crippen LogP contribution in [0.25, 0.3) is 0 Å². The summed E-state index contributed by atoms with van der Waals surface area (Å²) in [7, 11) is 4.86. The number of aliphatic hydroxyl groups excluding tert-OH is 2. The van der Waals surface area contributed by atoms with Gasteiger partial charge in [0.2, 0.25) is 0 Å². The number of nitrogens with zero attached hydrogens (tertiary/aromatic N) is 1. The quantitative estimate of drug-likeness (QED) is 0.147. The van der Waals surface area contributed by atoms with E-state index in [1.807, 2.05) is 13.0 Å². The van der Waals surface area contributed by atoms with E-state index in [-0.39, 0.29) is 32.1 Å². The Morgan fingerprint density at radius 2 is 1.63 bits per heavy atom. The average Bonchev–Trinajstić information content (AvgIpc) is 3.13. The van der Waals surface area contributed by atoms with E-state index in [9.17, 15) is 34.5 Å². The molecular weight excluding hydrogens is 746 g/mol. The zero-order valence-electron chi connectivity index (χ0n) is 35.2. The number of likely N-dealkylation sites (N-methyl/N-ethyl adjacent to an activating group) is 1. The van der Waals surface area contributed by atoms with Crippen LogP contribution < -0.4 is 0 Å². The molecule has 3 heterocycles. The van der Waals surface area contributed by atoms with Gasteiger partial charge in [0.05, 0.1) is 36.9 Å². The van der Waals surface area contributed by atoms with Gasteiger partial charge >= 0.3 is 17.9 Å². The maximum Gasteiger partial charge on any atom is 0.309 e. The molecule has 0 aromatic heterocycles. The molecule has 3 aliphatic heterocycles. The van der Waals surface area contributed by atoms with Crippen LogP contribution in [0.2, 0.25) is 0 Å². The maximum absolute atomic E-state index is 13.3. The van der Waals surface area contributed by atoms with E-state index in [1.165, 1.54) is 7.11 Å². The van der Waals surface area contributed by atoms with Crippen LogP contribution in [-0.2, 0) is 57.1 Å². The SMILES string of the molecule is CCC(=O)O[C@@H]1[C@@H](C)O[C@@H](O[C@H]2[C@H](N(C)C)[C@@H](O)[C@H](O[C@H]3[C@@H](CC=O)C[C@@H](C)[C@@H](O)/C=C\C=C\C[C@@H](C)OC(=O)C[C@@H](OC(=O)CC)[C@@H]3OC)O[C@@H]2C)C[C@@]1(C)O. The summed E-state index contributed by atoms with van der Waals surface area (Å²) in [4.78, 5) is 52.3. The largest absolute Gasteiger partial charge is 0.462 e. The number of aldehydes is 1.